The van der Waals surface area contributed by atoms with Crippen LogP contribution in [0.2, 0.25) is 0 Å². The Balaban J connectivity index is 5.50. The monoisotopic (exact) mass is 292 g/mol. The minimum absolute atomic E-state index is 0.832. The molecule has 10 heteroatoms. The second kappa shape index (κ2) is 7.32. The van der Waals surface area contributed by atoms with Crippen molar-refractivity contribution in [2.45, 2.75) is 0 Å². The molecule has 0 aliphatic rings. The fraction of sp³-hybridized carbons (Fsp3) is 0.333. The third-order valence-electron chi connectivity index (χ3n) is 1.69. The van der Waals surface area contributed by atoms with Crippen LogP contribution >= 0.6 is 7.92 Å². The number of hydrogen-bond acceptors (Lipinski definition) is 9. The van der Waals surface area contributed by atoms with E-state index in [4.69, 9.17) is 0 Å². The molecule has 0 atom stereocenters. The molecule has 0 rings (SSSR count). The lowest BCUT2D eigenvalue weighted by Crippen LogP contribution is -2.29. The van der Waals surface area contributed by atoms with Crippen molar-refractivity contribution in [2.75, 3.05) is 21.3 Å². The zero-order valence-electron chi connectivity index (χ0n) is 10.1. The Morgan fingerprint density at radius 3 is 0.947 bits per heavy atom. The van der Waals surface area contributed by atoms with Crippen LogP contribution in [0.4, 0.5) is 0 Å². The third kappa shape index (κ3) is 3.92. The lowest BCUT2D eigenvalue weighted by molar-refractivity contribution is -0.151. The van der Waals surface area contributed by atoms with Crippen LogP contribution in [0.25, 0.3) is 0 Å². The van der Waals surface area contributed by atoms with Crippen LogP contribution < -0.4 is 0 Å². The Morgan fingerprint density at radius 2 is 0.789 bits per heavy atom. The first-order valence-electron chi connectivity index (χ1n) is 4.48. The van der Waals surface area contributed by atoms with E-state index in [0.29, 0.717) is 0 Å². The molecule has 0 amide bonds. The first-order chi connectivity index (χ1) is 8.81. The van der Waals surface area contributed by atoms with E-state index in [1.165, 1.54) is 0 Å². The Kier molecular flexibility index (Phi) is 6.49. The highest BCUT2D eigenvalue weighted by atomic mass is 31.1. The van der Waals surface area contributed by atoms with Gasteiger partial charge < -0.3 is 14.2 Å². The van der Waals surface area contributed by atoms with Crippen molar-refractivity contribution in [3.05, 3.63) is 0 Å². The van der Waals surface area contributed by atoms with Crippen molar-refractivity contribution in [2.24, 2.45) is 0 Å². The Bertz CT molecular complexity index is 386. The number of carbonyl (C=O) groups excluding carboxylic acids is 6. The minimum atomic E-state index is -3.22. The number of methoxy groups -OCH3 is 3. The molecule has 19 heavy (non-hydrogen) atoms. The predicted octanol–water partition coefficient (Wildman–Crippen LogP) is -1.43. The van der Waals surface area contributed by atoms with Gasteiger partial charge in [-0.05, 0) is 0 Å². The third-order valence-corrected chi connectivity index (χ3v) is 3.46. The highest BCUT2D eigenvalue weighted by Crippen LogP contribution is 2.39. The summed E-state index contributed by atoms with van der Waals surface area (Å²) in [4.78, 5) is 67.5. The van der Waals surface area contributed by atoms with Crippen LogP contribution in [-0.2, 0) is 43.0 Å². The number of rotatable bonds is 6. The van der Waals surface area contributed by atoms with Gasteiger partial charge in [0.2, 0.25) is 0 Å². The van der Waals surface area contributed by atoms with Gasteiger partial charge in [-0.2, -0.15) is 0 Å². The zero-order chi connectivity index (χ0) is 15.2. The average Bonchev–Trinajstić information content (AvgIpc) is 2.43. The summed E-state index contributed by atoms with van der Waals surface area (Å²) in [6.07, 6.45) is 0. The maximum absolute atomic E-state index is 11.5. The molecular weight excluding hydrogens is 283 g/mol. The molecule has 0 aliphatic heterocycles. The highest BCUT2D eigenvalue weighted by Gasteiger charge is 2.45. The molecule has 0 saturated heterocycles. The van der Waals surface area contributed by atoms with Gasteiger partial charge in [0.15, 0.2) is 0 Å². The van der Waals surface area contributed by atoms with E-state index in [9.17, 15) is 28.8 Å². The van der Waals surface area contributed by atoms with Crippen LogP contribution in [0.3, 0.4) is 0 Å². The van der Waals surface area contributed by atoms with E-state index in [1.54, 1.807) is 0 Å². The van der Waals surface area contributed by atoms with Gasteiger partial charge in [-0.25, -0.2) is 14.4 Å². The normalized spacial score (nSPS) is 9.47. The van der Waals surface area contributed by atoms with Gasteiger partial charge in [-0.1, -0.05) is 0 Å². The quantitative estimate of drug-likeness (QED) is 0.250. The molecule has 0 aliphatic carbocycles. The maximum atomic E-state index is 11.5. The van der Waals surface area contributed by atoms with Crippen molar-refractivity contribution in [1.29, 1.82) is 0 Å². The molecule has 0 bridgehead atoms. The fourth-order valence-electron chi connectivity index (χ4n) is 0.812. The SMILES string of the molecule is COC(=O)C(=O)P(C(=O)C(=O)OC)C(=O)C(=O)OC. The maximum Gasteiger partial charge on any atom is 0.379 e. The largest absolute Gasteiger partial charge is 0.463 e. The van der Waals surface area contributed by atoms with Gasteiger partial charge in [0, 0.05) is 0 Å². The van der Waals surface area contributed by atoms with E-state index in [2.05, 4.69) is 14.2 Å². The van der Waals surface area contributed by atoms with E-state index in [0.717, 1.165) is 21.3 Å². The molecule has 0 heterocycles. The van der Waals surface area contributed by atoms with Gasteiger partial charge in [-0.3, -0.25) is 14.4 Å². The molecule has 0 spiro atoms. The van der Waals surface area contributed by atoms with Crippen LogP contribution in [0, 0.1) is 0 Å². The molecule has 0 aromatic heterocycles. The molecule has 0 fully saturated rings. The van der Waals surface area contributed by atoms with Gasteiger partial charge in [0.1, 0.15) is 7.92 Å². The summed E-state index contributed by atoms with van der Waals surface area (Å²) >= 11 is 0. The van der Waals surface area contributed by atoms with Gasteiger partial charge in [0.05, 0.1) is 21.3 Å². The second-order valence-corrected chi connectivity index (χ2v) is 4.61. The molecule has 0 radical (unpaired) electrons. The van der Waals surface area contributed by atoms with Crippen molar-refractivity contribution in [3.63, 3.8) is 0 Å². The van der Waals surface area contributed by atoms with Crippen molar-refractivity contribution >= 4 is 42.4 Å². The Hall–Kier alpha value is -2.15. The molecule has 0 unspecified atom stereocenters. The van der Waals surface area contributed by atoms with Crippen LogP contribution in [0.5, 0.6) is 0 Å². The van der Waals surface area contributed by atoms with Crippen LogP contribution in [-0.4, -0.2) is 55.8 Å². The van der Waals surface area contributed by atoms with Gasteiger partial charge in [0.25, 0.3) is 16.6 Å². The van der Waals surface area contributed by atoms with E-state index < -0.39 is 42.4 Å². The summed E-state index contributed by atoms with van der Waals surface area (Å²) in [5.41, 5.74) is -4.78. The molecule has 0 aromatic carbocycles. The Morgan fingerprint density at radius 1 is 0.579 bits per heavy atom. The molecular formula is C9H9O9P. The van der Waals surface area contributed by atoms with E-state index >= 15 is 0 Å². The molecule has 9 nitrogen and oxygen atoms in total. The molecule has 104 valence electrons. The van der Waals surface area contributed by atoms with Gasteiger partial charge >= 0.3 is 17.9 Å². The number of carbonyl (C=O) groups is 6. The van der Waals surface area contributed by atoms with Crippen LogP contribution in [0.15, 0.2) is 0 Å². The standard InChI is InChI=1S/C9H9O9P/c1-16-4(10)7(13)19(8(14)5(11)17-2)9(15)6(12)18-3/h1-3H3. The number of esters is 3. The topological polar surface area (TPSA) is 130 Å². The smallest absolute Gasteiger partial charge is 0.379 e. The summed E-state index contributed by atoms with van der Waals surface area (Å²) in [5.74, 6) is -4.58. The highest BCUT2D eigenvalue weighted by molar-refractivity contribution is 8.06. The summed E-state index contributed by atoms with van der Waals surface area (Å²) in [6.45, 7) is 0. The van der Waals surface area contributed by atoms with Crippen molar-refractivity contribution in [3.8, 4) is 0 Å². The van der Waals surface area contributed by atoms with Crippen molar-refractivity contribution < 1.29 is 43.0 Å². The number of hydrogen-bond donors (Lipinski definition) is 0. The Labute approximate surface area is 107 Å². The molecule has 0 aromatic rings. The second-order valence-electron chi connectivity index (χ2n) is 2.73. The predicted molar refractivity (Wildman–Crippen MR) is 58.0 cm³/mol. The molecule has 0 N–H and O–H groups in total. The fourth-order valence-corrected chi connectivity index (χ4v) is 2.19. The number of ether oxygens (including phenoxy) is 3. The lowest BCUT2D eigenvalue weighted by Gasteiger charge is -2.09. The first kappa shape index (κ1) is 16.9. The van der Waals surface area contributed by atoms with Gasteiger partial charge in [-0.15, -0.1) is 0 Å². The molecule has 0 saturated carbocycles. The zero-order valence-corrected chi connectivity index (χ0v) is 11.0. The minimum Gasteiger partial charge on any atom is -0.463 e. The first-order valence-corrected chi connectivity index (χ1v) is 5.82. The van der Waals surface area contributed by atoms with Crippen molar-refractivity contribution in [1.82, 2.24) is 0 Å². The summed E-state index contributed by atoms with van der Waals surface area (Å²) in [6, 6.07) is 0. The summed E-state index contributed by atoms with van der Waals surface area (Å²) in [5, 5.41) is 0. The summed E-state index contributed by atoms with van der Waals surface area (Å²) < 4.78 is 12.1. The summed E-state index contributed by atoms with van der Waals surface area (Å²) in [7, 11) is -0.723. The van der Waals surface area contributed by atoms with Crippen LogP contribution in [0.1, 0.15) is 0 Å². The lowest BCUT2D eigenvalue weighted by atomic mass is 10.7. The van der Waals surface area contributed by atoms with E-state index in [1.807, 2.05) is 0 Å². The van der Waals surface area contributed by atoms with E-state index in [-0.39, 0.29) is 0 Å². The average molecular weight is 292 g/mol.